The van der Waals surface area contributed by atoms with E-state index in [9.17, 15) is 14.4 Å². The number of benzene rings is 1. The molecule has 2 bridgehead atoms. The molecule has 10 nitrogen and oxygen atoms in total. The second kappa shape index (κ2) is 14.1. The van der Waals surface area contributed by atoms with Crippen LogP contribution >= 0.6 is 38.5 Å². The van der Waals surface area contributed by atoms with Gasteiger partial charge in [-0.15, -0.1) is 0 Å². The Hall–Kier alpha value is -3.52. The zero-order valence-corrected chi connectivity index (χ0v) is 29.5. The van der Waals surface area contributed by atoms with E-state index in [1.54, 1.807) is 22.0 Å². The van der Waals surface area contributed by atoms with Crippen molar-refractivity contribution in [3.63, 3.8) is 0 Å². The summed E-state index contributed by atoms with van der Waals surface area (Å²) in [4.78, 5) is 55.6. The number of fused-ring (bicyclic) bond motifs is 4. The third kappa shape index (κ3) is 6.92. The van der Waals surface area contributed by atoms with Crippen molar-refractivity contribution >= 4 is 72.8 Å². The Morgan fingerprint density at radius 1 is 1.07 bits per heavy atom. The van der Waals surface area contributed by atoms with Crippen molar-refractivity contribution in [2.45, 2.75) is 75.4 Å². The summed E-state index contributed by atoms with van der Waals surface area (Å²) in [6, 6.07) is 8.87. The van der Waals surface area contributed by atoms with Crippen LogP contribution in [0.1, 0.15) is 67.3 Å². The minimum Gasteiger partial charge on any atom is -0.317 e. The smallest absolute Gasteiger partial charge is 0.248 e. The third-order valence-corrected chi connectivity index (χ3v) is 10.6. The van der Waals surface area contributed by atoms with Crippen LogP contribution in [0.3, 0.4) is 0 Å². The summed E-state index contributed by atoms with van der Waals surface area (Å²) in [5.41, 5.74) is 3.60. The second-order valence-corrected chi connectivity index (χ2v) is 14.0. The van der Waals surface area contributed by atoms with E-state index in [2.05, 4.69) is 76.0 Å². The topological polar surface area (TPSA) is 123 Å². The van der Waals surface area contributed by atoms with Gasteiger partial charge in [-0.25, -0.2) is 15.0 Å². The maximum absolute atomic E-state index is 14.2. The second-order valence-electron chi connectivity index (χ2n) is 11.9. The number of hydrogen-bond acceptors (Lipinski definition) is 7. The molecule has 1 saturated heterocycles. The first-order valence-electron chi connectivity index (χ1n) is 15.6. The van der Waals surface area contributed by atoms with Crippen molar-refractivity contribution in [1.82, 2.24) is 29.6 Å². The standard InChI is InChI=1S/C34H35BrIN7O3/c1-20(44)31-26-15-23(25-17-37-21(2)38-18-25)11-13-27(26)42(41-31)19-30(45)43-28-16-24(32(43)36)10-8-6-4-3-5-7-9-22-12-14-29(35)39-33(22)40-34(28)46/h8,10-15,17-18,24,28,32H,3-7,9,16,19H2,1-2H3,(H,39,40,46)/b10-8-/t24-,28-,32-/m0/s1. The Labute approximate surface area is 289 Å². The highest BCUT2D eigenvalue weighted by atomic mass is 127. The molecule has 5 heterocycles. The number of hydrogen-bond donors (Lipinski definition) is 1. The number of amides is 2. The maximum atomic E-state index is 14.2. The first-order valence-corrected chi connectivity index (χ1v) is 17.6. The average molecular weight is 797 g/mol. The summed E-state index contributed by atoms with van der Waals surface area (Å²) < 4.78 is 1.98. The van der Waals surface area contributed by atoms with Crippen LogP contribution in [0, 0.1) is 12.8 Å². The molecule has 12 heteroatoms. The van der Waals surface area contributed by atoms with Gasteiger partial charge in [-0.2, -0.15) is 5.10 Å². The van der Waals surface area contributed by atoms with E-state index in [-0.39, 0.29) is 39.8 Å². The van der Waals surface area contributed by atoms with Crippen LogP contribution in [0.2, 0.25) is 0 Å². The minimum absolute atomic E-state index is 0.0156. The number of carbonyl (C=O) groups excluding carboxylic acids is 3. The molecule has 1 aromatic carbocycles. The van der Waals surface area contributed by atoms with Gasteiger partial charge in [-0.05, 0) is 84.3 Å². The minimum atomic E-state index is -0.690. The molecular weight excluding hydrogens is 761 g/mol. The Morgan fingerprint density at radius 2 is 1.85 bits per heavy atom. The van der Waals surface area contributed by atoms with Crippen molar-refractivity contribution in [3.8, 4) is 11.1 Å². The zero-order chi connectivity index (χ0) is 32.4. The van der Waals surface area contributed by atoms with E-state index in [1.807, 2.05) is 37.3 Å². The van der Waals surface area contributed by atoms with Crippen molar-refractivity contribution in [2.75, 3.05) is 5.32 Å². The SMILES string of the molecule is CC(=O)c1nn(CC(=O)N2[C@H](I)[C@H]3/C=C\CCCCCCc4ccc(Br)nc4NC(=O)[C@@H]2C3)c2ccc(-c3cnc(C)nc3)cc12. The summed E-state index contributed by atoms with van der Waals surface area (Å²) in [5, 5.41) is 8.31. The van der Waals surface area contributed by atoms with E-state index in [1.165, 1.54) is 6.92 Å². The average Bonchev–Trinajstić information content (AvgIpc) is 3.56. The number of alkyl halides is 1. The third-order valence-electron chi connectivity index (χ3n) is 8.66. The van der Waals surface area contributed by atoms with E-state index >= 15 is 0 Å². The number of aryl methyl sites for hydroxylation is 2. The van der Waals surface area contributed by atoms with Gasteiger partial charge < -0.3 is 10.2 Å². The maximum Gasteiger partial charge on any atom is 0.248 e. The fourth-order valence-electron chi connectivity index (χ4n) is 6.24. The highest BCUT2D eigenvalue weighted by molar-refractivity contribution is 14.1. The molecule has 2 amide bonds. The highest BCUT2D eigenvalue weighted by Crippen LogP contribution is 2.37. The summed E-state index contributed by atoms with van der Waals surface area (Å²) in [6.07, 6.45) is 14.5. The summed E-state index contributed by atoms with van der Waals surface area (Å²) in [5.74, 6) is 0.519. The molecule has 2 aliphatic rings. The predicted octanol–water partition coefficient (Wildman–Crippen LogP) is 6.84. The molecule has 3 atom stereocenters. The van der Waals surface area contributed by atoms with Gasteiger partial charge in [0, 0.05) is 36.2 Å². The molecule has 0 unspecified atom stereocenters. The van der Waals surface area contributed by atoms with Gasteiger partial charge in [-0.3, -0.25) is 19.1 Å². The van der Waals surface area contributed by atoms with E-state index < -0.39 is 6.04 Å². The van der Waals surface area contributed by atoms with Crippen LogP contribution in [0.25, 0.3) is 22.0 Å². The molecule has 3 aromatic heterocycles. The molecule has 6 rings (SSSR count). The Kier molecular flexibility index (Phi) is 9.92. The van der Waals surface area contributed by atoms with Crippen molar-refractivity contribution in [3.05, 3.63) is 76.6 Å². The van der Waals surface area contributed by atoms with Crippen LogP contribution in [0.4, 0.5) is 5.82 Å². The zero-order valence-electron chi connectivity index (χ0n) is 25.7. The number of nitrogens with one attached hydrogen (secondary N) is 1. The molecule has 0 saturated carbocycles. The van der Waals surface area contributed by atoms with Gasteiger partial charge in [-0.1, -0.05) is 59.7 Å². The van der Waals surface area contributed by atoms with Crippen molar-refractivity contribution < 1.29 is 14.4 Å². The molecule has 0 aliphatic carbocycles. The summed E-state index contributed by atoms with van der Waals surface area (Å²) in [7, 11) is 0. The molecule has 238 valence electrons. The Bertz CT molecular complexity index is 1820. The van der Waals surface area contributed by atoms with Crippen molar-refractivity contribution in [1.29, 1.82) is 0 Å². The fraction of sp³-hybridized carbons (Fsp3) is 0.382. The summed E-state index contributed by atoms with van der Waals surface area (Å²) in [6.45, 7) is 3.18. The number of halogens is 2. The predicted molar refractivity (Wildman–Crippen MR) is 189 cm³/mol. The fourth-order valence-corrected chi connectivity index (χ4v) is 7.79. The van der Waals surface area contributed by atoms with Crippen LogP contribution in [-0.4, -0.2) is 57.3 Å². The van der Waals surface area contributed by atoms with Gasteiger partial charge in [0.25, 0.3) is 0 Å². The lowest BCUT2D eigenvalue weighted by Gasteiger charge is -2.27. The number of carbonyl (C=O) groups is 3. The first kappa shape index (κ1) is 32.4. The quantitative estimate of drug-likeness (QED) is 0.0600. The lowest BCUT2D eigenvalue weighted by Crippen LogP contribution is -2.47. The lowest BCUT2D eigenvalue weighted by atomic mass is 10.0. The number of likely N-dealkylation sites (tertiary alicyclic amines) is 1. The Morgan fingerprint density at radius 3 is 2.63 bits per heavy atom. The number of ketones is 1. The van der Waals surface area contributed by atoms with Gasteiger partial charge in [0.05, 0.1) is 9.57 Å². The number of rotatable bonds is 4. The molecule has 0 radical (unpaired) electrons. The largest absolute Gasteiger partial charge is 0.317 e. The van der Waals surface area contributed by atoms with Crippen LogP contribution in [0.15, 0.2) is 59.5 Å². The van der Waals surface area contributed by atoms with Crippen LogP contribution in [-0.2, 0) is 22.6 Å². The molecule has 4 aromatic rings. The van der Waals surface area contributed by atoms with E-state index in [0.29, 0.717) is 33.6 Å². The van der Waals surface area contributed by atoms with Crippen LogP contribution < -0.4 is 5.32 Å². The number of pyridine rings is 1. The monoisotopic (exact) mass is 795 g/mol. The van der Waals surface area contributed by atoms with E-state index in [4.69, 9.17) is 0 Å². The van der Waals surface area contributed by atoms with Gasteiger partial charge in [0.15, 0.2) is 5.78 Å². The van der Waals surface area contributed by atoms with E-state index in [0.717, 1.165) is 55.2 Å². The summed E-state index contributed by atoms with van der Waals surface area (Å²) >= 11 is 5.74. The molecule has 1 N–H and O–H groups in total. The number of nitrogens with zero attached hydrogens (tertiary/aromatic N) is 6. The van der Waals surface area contributed by atoms with Crippen molar-refractivity contribution in [2.24, 2.45) is 5.92 Å². The molecule has 46 heavy (non-hydrogen) atoms. The number of allylic oxidation sites excluding steroid dienone is 1. The molecule has 1 fully saturated rings. The number of aromatic nitrogens is 5. The Balaban J connectivity index is 1.32. The first-order chi connectivity index (χ1) is 22.2. The van der Waals surface area contributed by atoms with Gasteiger partial charge in [0.1, 0.15) is 34.5 Å². The van der Waals surface area contributed by atoms with Gasteiger partial charge in [0.2, 0.25) is 11.8 Å². The van der Waals surface area contributed by atoms with Crippen LogP contribution in [0.5, 0.6) is 0 Å². The molecule has 0 spiro atoms. The number of Topliss-reactive ketones (excluding diaryl/α,β-unsaturated/α-hetero) is 1. The van der Waals surface area contributed by atoms with Gasteiger partial charge >= 0.3 is 0 Å². The number of anilines is 1. The molecule has 2 aliphatic heterocycles. The lowest BCUT2D eigenvalue weighted by molar-refractivity contribution is -0.137. The highest BCUT2D eigenvalue weighted by Gasteiger charge is 2.45. The normalized spacial score (nSPS) is 21.3. The molecular formula is C34H35BrIN7O3.